The van der Waals surface area contributed by atoms with E-state index in [2.05, 4.69) is 40.7 Å². The van der Waals surface area contributed by atoms with E-state index in [9.17, 15) is 20.1 Å². The third-order valence-corrected chi connectivity index (χ3v) is 13.5. The fourth-order valence-electron chi connectivity index (χ4n) is 9.76. The maximum atomic E-state index is 14.3. The van der Waals surface area contributed by atoms with Gasteiger partial charge in [0.05, 0.1) is 42.2 Å². The number of carbonyl (C=O) groups is 1. The molecule has 3 heterocycles. The van der Waals surface area contributed by atoms with Gasteiger partial charge >= 0.3 is 5.97 Å². The lowest BCUT2D eigenvalue weighted by atomic mass is 9.63. The Morgan fingerprint density at radius 2 is 1.72 bits per heavy atom. The van der Waals surface area contributed by atoms with Crippen molar-refractivity contribution in [3.63, 3.8) is 0 Å². The molecule has 3 fully saturated rings. The maximum absolute atomic E-state index is 14.3. The average molecular weight is 745 g/mol. The van der Waals surface area contributed by atoms with Crippen molar-refractivity contribution in [2.24, 2.45) is 29.6 Å². The molecule has 5 rings (SSSR count). The molecule has 10 nitrogen and oxygen atoms in total. The van der Waals surface area contributed by atoms with Crippen LogP contribution in [-0.4, -0.2) is 102 Å². The van der Waals surface area contributed by atoms with Crippen LogP contribution in [0.4, 0.5) is 0 Å². The highest BCUT2D eigenvalue weighted by atomic mass is 16.7. The van der Waals surface area contributed by atoms with Crippen molar-refractivity contribution in [1.29, 1.82) is 0 Å². The molecule has 0 radical (unpaired) electrons. The van der Waals surface area contributed by atoms with E-state index in [0.29, 0.717) is 43.6 Å². The summed E-state index contributed by atoms with van der Waals surface area (Å²) in [4.78, 5) is 14.3. The van der Waals surface area contributed by atoms with Crippen LogP contribution in [0.15, 0.2) is 47.1 Å². The van der Waals surface area contributed by atoms with Crippen LogP contribution in [0.25, 0.3) is 0 Å². The molecule has 16 atom stereocenters. The van der Waals surface area contributed by atoms with E-state index in [4.69, 9.17) is 28.4 Å². The Hall–Kier alpha value is -1.89. The van der Waals surface area contributed by atoms with Crippen LogP contribution in [-0.2, 0) is 33.2 Å². The first-order valence-electron chi connectivity index (χ1n) is 20.1. The second-order valence-corrected chi connectivity index (χ2v) is 17.2. The van der Waals surface area contributed by atoms with Crippen LogP contribution in [0.3, 0.4) is 0 Å². The van der Waals surface area contributed by atoms with E-state index in [-0.39, 0.29) is 42.5 Å². The Balaban J connectivity index is 1.55. The van der Waals surface area contributed by atoms with E-state index < -0.39 is 59.9 Å². The first-order chi connectivity index (χ1) is 25.0. The van der Waals surface area contributed by atoms with Gasteiger partial charge in [0.25, 0.3) is 0 Å². The molecular formula is C43H68O10. The van der Waals surface area contributed by atoms with Gasteiger partial charge in [-0.15, -0.1) is 0 Å². The molecule has 300 valence electrons. The van der Waals surface area contributed by atoms with Crippen LogP contribution in [0.5, 0.6) is 0 Å². The molecule has 2 saturated heterocycles. The van der Waals surface area contributed by atoms with Crippen LogP contribution < -0.4 is 0 Å². The summed E-state index contributed by atoms with van der Waals surface area (Å²) in [5.74, 6) is -0.678. The Morgan fingerprint density at radius 3 is 2.40 bits per heavy atom. The van der Waals surface area contributed by atoms with Crippen LogP contribution in [0.2, 0.25) is 0 Å². The maximum Gasteiger partial charge on any atom is 0.316 e. The van der Waals surface area contributed by atoms with Gasteiger partial charge < -0.3 is 43.7 Å². The van der Waals surface area contributed by atoms with Crippen molar-refractivity contribution in [2.75, 3.05) is 14.2 Å². The van der Waals surface area contributed by atoms with Crippen molar-refractivity contribution in [3.8, 4) is 0 Å². The molecule has 2 aliphatic carbocycles. The number of aliphatic hydroxyl groups excluding tert-OH is 2. The summed E-state index contributed by atoms with van der Waals surface area (Å²) in [6, 6.07) is 0. The summed E-state index contributed by atoms with van der Waals surface area (Å²) in [6.07, 6.45) is 10.1. The molecule has 3 aliphatic heterocycles. The van der Waals surface area contributed by atoms with Crippen molar-refractivity contribution in [2.45, 2.75) is 173 Å². The normalized spacial score (nSPS) is 45.0. The highest BCUT2D eigenvalue weighted by Crippen LogP contribution is 2.49. The molecule has 0 aromatic carbocycles. The molecule has 0 amide bonds. The number of fused-ring (bicyclic) bond motifs is 3. The lowest BCUT2D eigenvalue weighted by Gasteiger charge is -2.52. The van der Waals surface area contributed by atoms with Gasteiger partial charge in [-0.1, -0.05) is 64.5 Å². The number of hydrogen-bond donors (Lipinski definition) is 3. The first-order valence-corrected chi connectivity index (χ1v) is 20.1. The third-order valence-electron chi connectivity index (χ3n) is 13.5. The summed E-state index contributed by atoms with van der Waals surface area (Å²) in [6.45, 7) is 16.4. The third kappa shape index (κ3) is 9.23. The molecule has 53 heavy (non-hydrogen) atoms. The van der Waals surface area contributed by atoms with Crippen molar-refractivity contribution < 1.29 is 48.5 Å². The number of aliphatic hydroxyl groups is 3. The molecule has 3 N–H and O–H groups in total. The second-order valence-electron chi connectivity index (χ2n) is 17.2. The summed E-state index contributed by atoms with van der Waals surface area (Å²) in [5.41, 5.74) is 0.341. The van der Waals surface area contributed by atoms with Crippen LogP contribution >= 0.6 is 0 Å². The summed E-state index contributed by atoms with van der Waals surface area (Å²) in [5, 5.41) is 34.5. The van der Waals surface area contributed by atoms with E-state index in [1.165, 1.54) is 0 Å². The van der Waals surface area contributed by atoms with Crippen molar-refractivity contribution in [1.82, 2.24) is 0 Å². The molecular weight excluding hydrogens is 676 g/mol. The zero-order chi connectivity index (χ0) is 38.8. The van der Waals surface area contributed by atoms with Gasteiger partial charge in [0, 0.05) is 52.2 Å². The Labute approximate surface area is 318 Å². The fourth-order valence-corrected chi connectivity index (χ4v) is 9.76. The first kappa shape index (κ1) is 42.3. The predicted molar refractivity (Wildman–Crippen MR) is 203 cm³/mol. The van der Waals surface area contributed by atoms with E-state index >= 15 is 0 Å². The summed E-state index contributed by atoms with van der Waals surface area (Å²) in [7, 11) is 3.21. The average Bonchev–Trinajstić information content (AvgIpc) is 3.12. The zero-order valence-electron chi connectivity index (χ0n) is 33.8. The molecule has 10 heteroatoms. The largest absolute Gasteiger partial charge is 0.462 e. The van der Waals surface area contributed by atoms with Gasteiger partial charge in [0.2, 0.25) is 0 Å². The number of allylic oxidation sites excluding steroid dienone is 2. The van der Waals surface area contributed by atoms with Crippen LogP contribution in [0, 0.1) is 29.6 Å². The van der Waals surface area contributed by atoms with Crippen molar-refractivity contribution in [3.05, 3.63) is 47.1 Å². The monoisotopic (exact) mass is 744 g/mol. The highest BCUT2D eigenvalue weighted by molar-refractivity contribution is 5.78. The number of carbonyl (C=O) groups excluding carboxylic acids is 1. The molecule has 2 bridgehead atoms. The fraction of sp³-hybridized carbons (Fsp3) is 0.791. The minimum atomic E-state index is -1.53. The molecule has 1 saturated carbocycles. The lowest BCUT2D eigenvalue weighted by Crippen LogP contribution is -2.56. The number of hydrogen-bond acceptors (Lipinski definition) is 10. The minimum Gasteiger partial charge on any atom is -0.462 e. The number of esters is 1. The van der Waals surface area contributed by atoms with Crippen molar-refractivity contribution >= 4 is 5.97 Å². The van der Waals surface area contributed by atoms with Gasteiger partial charge in [0.15, 0.2) is 6.29 Å². The smallest absolute Gasteiger partial charge is 0.316 e. The Kier molecular flexibility index (Phi) is 14.0. The summed E-state index contributed by atoms with van der Waals surface area (Å²) >= 11 is 0. The predicted octanol–water partition coefficient (Wildman–Crippen LogP) is 6.37. The standard InChI is InChI=1S/C43H68O10/c1-11-24(2)33-21-42(22-35(44)29(33)7)20-32-18-31(53-42)16-15-26(4)40(52-38-19-36(48-9)39(45)30(8)50-38)25(3)13-12-14-28(6)43(47)23-37(49-10)27(5)17-34(43)41(46)51-32/h12-15,17,24-25,29-40,44-45,47H,11,16,18-23H2,1-10H3. The SMILES string of the molecule is CCC(C)C1CC2(CC3CC(CC=C(C)C(OC4CC(OC)C(O)C(C)O4)C(C)C=CC=C(C)C4(O)CC(OC)C(C)=CC4C(=O)O3)O2)CC(O)C1C. The van der Waals surface area contributed by atoms with E-state index in [1.807, 2.05) is 45.1 Å². The number of rotatable bonds is 6. The quantitative estimate of drug-likeness (QED) is 0.208. The van der Waals surface area contributed by atoms with E-state index in [0.717, 1.165) is 24.0 Å². The number of methoxy groups -OCH3 is 2. The number of ether oxygens (including phenoxy) is 6. The molecule has 1 spiro atoms. The molecule has 0 aromatic heterocycles. The van der Waals surface area contributed by atoms with Gasteiger partial charge in [-0.25, -0.2) is 0 Å². The summed E-state index contributed by atoms with van der Waals surface area (Å²) < 4.78 is 37.7. The zero-order valence-corrected chi connectivity index (χ0v) is 33.8. The molecule has 0 aromatic rings. The van der Waals surface area contributed by atoms with Gasteiger partial charge in [-0.2, -0.15) is 0 Å². The van der Waals surface area contributed by atoms with Gasteiger partial charge in [-0.05, 0) is 75.0 Å². The Morgan fingerprint density at radius 1 is 0.981 bits per heavy atom. The minimum absolute atomic E-state index is 0.108. The van der Waals surface area contributed by atoms with E-state index in [1.54, 1.807) is 14.2 Å². The Bertz CT molecular complexity index is 1390. The second kappa shape index (κ2) is 17.5. The molecule has 5 aliphatic rings. The van der Waals surface area contributed by atoms with Crippen LogP contribution in [0.1, 0.15) is 107 Å². The molecule has 16 unspecified atom stereocenters. The topological polar surface area (TPSA) is 133 Å². The highest BCUT2D eigenvalue weighted by Gasteiger charge is 2.53. The van der Waals surface area contributed by atoms with Gasteiger partial charge in [0.1, 0.15) is 23.7 Å². The lowest BCUT2D eigenvalue weighted by molar-refractivity contribution is -0.261. The van der Waals surface area contributed by atoms with Gasteiger partial charge in [-0.3, -0.25) is 4.79 Å².